The summed E-state index contributed by atoms with van der Waals surface area (Å²) in [5.74, 6) is 0. The van der Waals surface area contributed by atoms with Crippen molar-refractivity contribution < 1.29 is 0 Å². The van der Waals surface area contributed by atoms with Gasteiger partial charge in [0.2, 0.25) is 0 Å². The fraction of sp³-hybridized carbons (Fsp3) is 0.300. The van der Waals surface area contributed by atoms with Crippen molar-refractivity contribution in [3.05, 3.63) is 39.0 Å². The molecule has 0 saturated heterocycles. The van der Waals surface area contributed by atoms with Gasteiger partial charge in [-0.3, -0.25) is 0 Å². The van der Waals surface area contributed by atoms with Crippen LogP contribution in [0.5, 0.6) is 0 Å². The normalized spacial score (nSPS) is 10.8. The third kappa shape index (κ3) is 2.68. The zero-order chi connectivity index (χ0) is 10.7. The number of hydrogen-bond acceptors (Lipinski definition) is 3. The van der Waals surface area contributed by atoms with Gasteiger partial charge in [0, 0.05) is 24.2 Å². The molecular formula is C10H12BrN3S. The molecule has 0 spiro atoms. The summed E-state index contributed by atoms with van der Waals surface area (Å²) in [5, 5.41) is 0. The summed E-state index contributed by atoms with van der Waals surface area (Å²) in [4.78, 5) is 5.46. The lowest BCUT2D eigenvalue weighted by Crippen LogP contribution is -2.07. The molecule has 2 rings (SSSR count). The van der Waals surface area contributed by atoms with Crippen molar-refractivity contribution in [3.63, 3.8) is 0 Å². The molecule has 0 aliphatic rings. The summed E-state index contributed by atoms with van der Waals surface area (Å²) in [6.07, 6.45) is 4.69. The van der Waals surface area contributed by atoms with E-state index in [0.717, 1.165) is 18.7 Å². The van der Waals surface area contributed by atoms with Crippen LogP contribution < -0.4 is 5.73 Å². The zero-order valence-electron chi connectivity index (χ0n) is 8.19. The van der Waals surface area contributed by atoms with Crippen molar-refractivity contribution in [2.75, 3.05) is 0 Å². The number of thiophene rings is 1. The standard InChI is InChI=1S/C10H12BrN3S/c11-10-2-1-9(15-10)3-4-14-7-13-6-8(14)5-12/h1-2,6-7H,3-5,12H2. The van der Waals surface area contributed by atoms with E-state index in [-0.39, 0.29) is 0 Å². The number of imidazole rings is 1. The Morgan fingerprint density at radius 3 is 3.00 bits per heavy atom. The molecule has 2 aromatic rings. The molecule has 2 heterocycles. The van der Waals surface area contributed by atoms with Crippen LogP contribution >= 0.6 is 27.3 Å². The van der Waals surface area contributed by atoms with Crippen molar-refractivity contribution in [3.8, 4) is 0 Å². The molecule has 80 valence electrons. The van der Waals surface area contributed by atoms with Gasteiger partial charge in [-0.2, -0.15) is 0 Å². The van der Waals surface area contributed by atoms with Crippen LogP contribution in [0.3, 0.4) is 0 Å². The summed E-state index contributed by atoms with van der Waals surface area (Å²) < 4.78 is 3.29. The minimum Gasteiger partial charge on any atom is -0.333 e. The lowest BCUT2D eigenvalue weighted by Gasteiger charge is -2.04. The van der Waals surface area contributed by atoms with Crippen LogP contribution in [0.1, 0.15) is 10.6 Å². The first-order valence-electron chi connectivity index (χ1n) is 4.73. The molecular weight excluding hydrogens is 274 g/mol. The van der Waals surface area contributed by atoms with E-state index < -0.39 is 0 Å². The number of aryl methyl sites for hydroxylation is 2. The Kier molecular flexibility index (Phi) is 3.56. The van der Waals surface area contributed by atoms with Crippen LogP contribution in [-0.4, -0.2) is 9.55 Å². The van der Waals surface area contributed by atoms with Gasteiger partial charge in [0.1, 0.15) is 0 Å². The predicted octanol–water partition coefficient (Wildman–Crippen LogP) is 2.41. The van der Waals surface area contributed by atoms with E-state index in [4.69, 9.17) is 5.73 Å². The average Bonchev–Trinajstić information content (AvgIpc) is 2.83. The van der Waals surface area contributed by atoms with Crippen LogP contribution in [0.15, 0.2) is 28.4 Å². The van der Waals surface area contributed by atoms with Crippen LogP contribution in [0.2, 0.25) is 0 Å². The first-order chi connectivity index (χ1) is 7.29. The van der Waals surface area contributed by atoms with Gasteiger partial charge < -0.3 is 10.3 Å². The molecule has 2 N–H and O–H groups in total. The fourth-order valence-electron chi connectivity index (χ4n) is 1.44. The quantitative estimate of drug-likeness (QED) is 0.938. The average molecular weight is 286 g/mol. The Hall–Kier alpha value is -0.650. The number of hydrogen-bond donors (Lipinski definition) is 1. The SMILES string of the molecule is NCc1cncn1CCc1ccc(Br)s1. The van der Waals surface area contributed by atoms with Crippen LogP contribution in [-0.2, 0) is 19.5 Å². The second-order valence-corrected chi connectivity index (χ2v) is 5.79. The van der Waals surface area contributed by atoms with Crippen molar-refractivity contribution in [2.45, 2.75) is 19.5 Å². The highest BCUT2D eigenvalue weighted by Gasteiger charge is 2.01. The topological polar surface area (TPSA) is 43.8 Å². The first-order valence-corrected chi connectivity index (χ1v) is 6.34. The van der Waals surface area contributed by atoms with Gasteiger partial charge in [0.25, 0.3) is 0 Å². The highest BCUT2D eigenvalue weighted by atomic mass is 79.9. The molecule has 0 fully saturated rings. The van der Waals surface area contributed by atoms with E-state index in [0.29, 0.717) is 6.54 Å². The number of nitrogens with zero attached hydrogens (tertiary/aromatic N) is 2. The number of halogens is 1. The molecule has 15 heavy (non-hydrogen) atoms. The van der Waals surface area contributed by atoms with Gasteiger partial charge in [0.05, 0.1) is 15.8 Å². The fourth-order valence-corrected chi connectivity index (χ4v) is 2.91. The summed E-state index contributed by atoms with van der Waals surface area (Å²) >= 11 is 5.23. The zero-order valence-corrected chi connectivity index (χ0v) is 10.6. The summed E-state index contributed by atoms with van der Waals surface area (Å²) in [7, 11) is 0. The van der Waals surface area contributed by atoms with Crippen LogP contribution in [0, 0.1) is 0 Å². The monoisotopic (exact) mass is 285 g/mol. The van der Waals surface area contributed by atoms with E-state index in [2.05, 4.69) is 37.6 Å². The minimum atomic E-state index is 0.550. The molecule has 0 aliphatic carbocycles. The number of aromatic nitrogens is 2. The lowest BCUT2D eigenvalue weighted by molar-refractivity contribution is 0.665. The third-order valence-corrected chi connectivity index (χ3v) is 3.92. The van der Waals surface area contributed by atoms with Crippen molar-refractivity contribution >= 4 is 27.3 Å². The molecule has 0 aromatic carbocycles. The summed E-state index contributed by atoms with van der Waals surface area (Å²) in [6, 6.07) is 4.23. The van der Waals surface area contributed by atoms with Gasteiger partial charge in [-0.15, -0.1) is 11.3 Å². The van der Waals surface area contributed by atoms with E-state index in [1.165, 1.54) is 8.66 Å². The highest BCUT2D eigenvalue weighted by molar-refractivity contribution is 9.11. The maximum absolute atomic E-state index is 5.60. The second kappa shape index (κ2) is 4.92. The minimum absolute atomic E-state index is 0.550. The van der Waals surface area contributed by atoms with Gasteiger partial charge in [-0.25, -0.2) is 4.98 Å². The van der Waals surface area contributed by atoms with E-state index in [9.17, 15) is 0 Å². The molecule has 0 amide bonds. The third-order valence-electron chi connectivity index (χ3n) is 2.24. The molecule has 0 saturated carbocycles. The van der Waals surface area contributed by atoms with Gasteiger partial charge >= 0.3 is 0 Å². The van der Waals surface area contributed by atoms with E-state index >= 15 is 0 Å². The molecule has 3 nitrogen and oxygen atoms in total. The Bertz CT molecular complexity index is 435. The van der Waals surface area contributed by atoms with Crippen molar-refractivity contribution in [1.82, 2.24) is 9.55 Å². The van der Waals surface area contributed by atoms with Gasteiger partial charge in [0.15, 0.2) is 0 Å². The Balaban J connectivity index is 1.98. The molecule has 0 radical (unpaired) electrons. The Morgan fingerprint density at radius 2 is 2.33 bits per heavy atom. The smallest absolute Gasteiger partial charge is 0.0948 e. The van der Waals surface area contributed by atoms with Gasteiger partial charge in [-0.05, 0) is 34.5 Å². The first kappa shape index (κ1) is 10.9. The van der Waals surface area contributed by atoms with Crippen LogP contribution in [0.25, 0.3) is 0 Å². The number of rotatable bonds is 4. The summed E-state index contributed by atoms with van der Waals surface area (Å²) in [6.45, 7) is 1.49. The largest absolute Gasteiger partial charge is 0.333 e. The Labute approximate surface area is 101 Å². The van der Waals surface area contributed by atoms with E-state index in [1.807, 2.05) is 12.5 Å². The van der Waals surface area contributed by atoms with E-state index in [1.54, 1.807) is 11.3 Å². The van der Waals surface area contributed by atoms with Crippen molar-refractivity contribution in [1.29, 1.82) is 0 Å². The lowest BCUT2D eigenvalue weighted by atomic mass is 10.3. The van der Waals surface area contributed by atoms with Crippen molar-refractivity contribution in [2.24, 2.45) is 5.73 Å². The maximum atomic E-state index is 5.60. The predicted molar refractivity (Wildman–Crippen MR) is 65.8 cm³/mol. The van der Waals surface area contributed by atoms with Gasteiger partial charge in [-0.1, -0.05) is 0 Å². The molecule has 0 unspecified atom stereocenters. The maximum Gasteiger partial charge on any atom is 0.0948 e. The Morgan fingerprint density at radius 1 is 1.47 bits per heavy atom. The molecule has 5 heteroatoms. The highest BCUT2D eigenvalue weighted by Crippen LogP contribution is 2.22. The van der Waals surface area contributed by atoms with Crippen LogP contribution in [0.4, 0.5) is 0 Å². The summed E-state index contributed by atoms with van der Waals surface area (Å²) in [5.41, 5.74) is 6.69. The number of nitrogens with two attached hydrogens (primary N) is 1. The molecule has 0 aliphatic heterocycles. The molecule has 0 atom stereocenters. The second-order valence-electron chi connectivity index (χ2n) is 3.24. The molecule has 2 aromatic heterocycles. The molecule has 0 bridgehead atoms.